The molecule has 5 aliphatic rings. The number of ketones is 2. The monoisotopic (exact) mass is 705 g/mol. The molecule has 3 atom stereocenters. The van der Waals surface area contributed by atoms with Crippen LogP contribution in [-0.2, 0) is 32.0 Å². The van der Waals surface area contributed by atoms with Crippen LogP contribution in [0, 0.1) is 22.5 Å². The molecule has 2 aromatic heterocycles. The van der Waals surface area contributed by atoms with E-state index in [9.17, 15) is 23.2 Å². The van der Waals surface area contributed by atoms with E-state index in [1.165, 1.54) is 44.2 Å². The second kappa shape index (κ2) is 13.2. The molecule has 3 fully saturated rings. The molecule has 52 heavy (non-hydrogen) atoms. The molecule has 9 nitrogen and oxygen atoms in total. The number of Topliss-reactive ketones (excluding diaryl/α,β-unsaturated/α-hetero) is 2. The Morgan fingerprint density at radius 2 is 1.29 bits per heavy atom. The number of allylic oxidation sites excluding steroid dienone is 1. The Balaban J connectivity index is 0.000000151. The second-order valence-corrected chi connectivity index (χ2v) is 14.9. The van der Waals surface area contributed by atoms with E-state index in [2.05, 4.69) is 21.6 Å². The summed E-state index contributed by atoms with van der Waals surface area (Å²) in [5, 5.41) is 12.6. The number of esters is 1. The van der Waals surface area contributed by atoms with Crippen LogP contribution in [0.3, 0.4) is 0 Å². The zero-order chi connectivity index (χ0) is 36.2. The summed E-state index contributed by atoms with van der Waals surface area (Å²) in [6.07, 6.45) is 15.3. The fraction of sp³-hybridized carbons (Fsp3) is 0.390. The average molecular weight is 706 g/mol. The normalized spacial score (nSPS) is 24.5. The van der Waals surface area contributed by atoms with E-state index < -0.39 is 10.8 Å². The molecule has 268 valence electrons. The summed E-state index contributed by atoms with van der Waals surface area (Å²) in [6, 6.07) is 13.4. The summed E-state index contributed by atoms with van der Waals surface area (Å²) >= 11 is 0. The number of fused-ring (bicyclic) bond motifs is 4. The van der Waals surface area contributed by atoms with Crippen LogP contribution in [0.1, 0.15) is 80.8 Å². The molecule has 5 aliphatic carbocycles. The standard InChI is InChI=1S/C22H24FN3O2.C19H17FN2O2/c1-28-21(27)22-11-14-13-24-26(19-8-3-16(23)4-9-19)20(14)10-15(22)2-5-18(12-22)25-17-6-7-17;1-12(23)19-9-13-11-21-22(16-5-3-15(20)4-6-16)18(13)8-14(19)2-7-17(24)10-19/h3-4,8-10,13,17-18,25H,2,5-7,11-12H2,1H3;3-6,8,11H,2,7,9-10H2,1H3/t18-,22-;19-/m01/s1. The zero-order valence-electron chi connectivity index (χ0n) is 29.3. The lowest BCUT2D eigenvalue weighted by molar-refractivity contribution is -0.152. The average Bonchev–Trinajstić information content (AvgIpc) is 3.73. The van der Waals surface area contributed by atoms with Crippen molar-refractivity contribution in [1.29, 1.82) is 0 Å². The van der Waals surface area contributed by atoms with Crippen molar-refractivity contribution in [3.05, 3.63) is 106 Å². The highest BCUT2D eigenvalue weighted by Crippen LogP contribution is 2.50. The van der Waals surface area contributed by atoms with E-state index in [-0.39, 0.29) is 35.6 Å². The summed E-state index contributed by atoms with van der Waals surface area (Å²) in [5.41, 5.74) is 6.32. The summed E-state index contributed by atoms with van der Waals surface area (Å²) in [5.74, 6) is -0.520. The third-order valence-corrected chi connectivity index (χ3v) is 11.6. The van der Waals surface area contributed by atoms with Crippen molar-refractivity contribution in [2.75, 3.05) is 7.11 Å². The molecule has 11 heteroatoms. The smallest absolute Gasteiger partial charge is 0.316 e. The first kappa shape index (κ1) is 34.1. The van der Waals surface area contributed by atoms with Crippen molar-refractivity contribution in [2.45, 2.75) is 83.2 Å². The highest BCUT2D eigenvalue weighted by atomic mass is 19.1. The quantitative estimate of drug-likeness (QED) is 0.223. The number of ether oxygens (including phenoxy) is 1. The van der Waals surface area contributed by atoms with Crippen molar-refractivity contribution in [1.82, 2.24) is 24.9 Å². The minimum absolute atomic E-state index is 0.0435. The molecule has 2 aromatic carbocycles. The second-order valence-electron chi connectivity index (χ2n) is 14.9. The Hall–Kier alpha value is -5.03. The van der Waals surface area contributed by atoms with E-state index in [0.29, 0.717) is 37.8 Å². The predicted molar refractivity (Wildman–Crippen MR) is 191 cm³/mol. The Kier molecular flexibility index (Phi) is 8.64. The molecule has 0 aliphatic heterocycles. The molecular formula is C41H41F2N5O4. The molecular weight excluding hydrogens is 664 g/mol. The molecule has 0 bridgehead atoms. The summed E-state index contributed by atoms with van der Waals surface area (Å²) < 4.78 is 35.3. The topological polar surface area (TPSA) is 108 Å². The Morgan fingerprint density at radius 1 is 0.750 bits per heavy atom. The van der Waals surface area contributed by atoms with Gasteiger partial charge in [0.2, 0.25) is 0 Å². The van der Waals surface area contributed by atoms with Gasteiger partial charge in [-0.1, -0.05) is 11.1 Å². The number of carbonyl (C=O) groups excluding carboxylic acids is 3. The largest absolute Gasteiger partial charge is 0.468 e. The fourth-order valence-corrected chi connectivity index (χ4v) is 8.66. The Labute approximate surface area is 300 Å². The lowest BCUT2D eigenvalue weighted by atomic mass is 9.62. The molecule has 9 rings (SSSR count). The van der Waals surface area contributed by atoms with E-state index in [1.807, 2.05) is 17.0 Å². The lowest BCUT2D eigenvalue weighted by Crippen LogP contribution is -2.48. The molecule has 0 amide bonds. The third kappa shape index (κ3) is 6.04. The van der Waals surface area contributed by atoms with Crippen LogP contribution in [0.15, 0.2) is 72.1 Å². The number of hydrogen-bond donors (Lipinski definition) is 1. The number of nitrogens with zero attached hydrogens (tertiary/aromatic N) is 4. The van der Waals surface area contributed by atoms with Gasteiger partial charge in [-0.15, -0.1) is 0 Å². The number of nitrogens with one attached hydrogen (secondary N) is 1. The molecule has 0 spiro atoms. The number of carbonyl (C=O) groups is 3. The molecule has 0 unspecified atom stereocenters. The van der Waals surface area contributed by atoms with Crippen molar-refractivity contribution in [3.63, 3.8) is 0 Å². The van der Waals surface area contributed by atoms with Gasteiger partial charge in [-0.2, -0.15) is 10.2 Å². The van der Waals surface area contributed by atoms with Gasteiger partial charge in [-0.25, -0.2) is 18.1 Å². The molecule has 0 saturated heterocycles. The van der Waals surface area contributed by atoms with E-state index in [0.717, 1.165) is 64.3 Å². The maximum atomic E-state index is 13.3. The molecule has 4 aromatic rings. The zero-order valence-corrected chi connectivity index (χ0v) is 29.3. The van der Waals surface area contributed by atoms with Gasteiger partial charge in [0.15, 0.2) is 0 Å². The highest BCUT2D eigenvalue weighted by Gasteiger charge is 2.50. The van der Waals surface area contributed by atoms with Crippen LogP contribution in [-0.4, -0.2) is 56.3 Å². The van der Waals surface area contributed by atoms with E-state index in [1.54, 1.807) is 42.1 Å². The summed E-state index contributed by atoms with van der Waals surface area (Å²) in [4.78, 5) is 37.3. The maximum absolute atomic E-state index is 13.3. The summed E-state index contributed by atoms with van der Waals surface area (Å²) in [7, 11) is 1.48. The van der Waals surface area contributed by atoms with E-state index in [4.69, 9.17) is 4.74 Å². The first-order valence-corrected chi connectivity index (χ1v) is 18.0. The SMILES string of the molecule is CC(=O)[C@@]12CC(=O)CCC1=Cc1c(cnn1-c1ccc(F)cc1)C2.COC(=O)[C@]12Cc3cnn(-c4ccc(F)cc4)c3C=C1CC[C@H](NC1CC1)C2. The number of aromatic nitrogens is 4. The number of hydrogen-bond acceptors (Lipinski definition) is 7. The number of benzene rings is 2. The van der Waals surface area contributed by atoms with Crippen LogP contribution in [0.25, 0.3) is 23.5 Å². The minimum atomic E-state index is -0.695. The van der Waals surface area contributed by atoms with Gasteiger partial charge in [0.05, 0.1) is 53.1 Å². The van der Waals surface area contributed by atoms with Gasteiger partial charge in [0.1, 0.15) is 23.2 Å². The van der Waals surface area contributed by atoms with E-state index >= 15 is 0 Å². The van der Waals surface area contributed by atoms with Crippen molar-refractivity contribution in [3.8, 4) is 11.4 Å². The fourth-order valence-electron chi connectivity index (χ4n) is 8.66. The third-order valence-electron chi connectivity index (χ3n) is 11.6. The molecule has 3 saturated carbocycles. The highest BCUT2D eigenvalue weighted by molar-refractivity contribution is 5.96. The molecule has 2 heterocycles. The first-order chi connectivity index (χ1) is 25.1. The Bertz CT molecular complexity index is 2130. The first-order valence-electron chi connectivity index (χ1n) is 18.0. The predicted octanol–water partition coefficient (Wildman–Crippen LogP) is 6.69. The van der Waals surface area contributed by atoms with Crippen LogP contribution >= 0.6 is 0 Å². The van der Waals surface area contributed by atoms with Crippen molar-refractivity contribution >= 4 is 29.7 Å². The molecule has 0 radical (unpaired) electrons. The summed E-state index contributed by atoms with van der Waals surface area (Å²) in [6.45, 7) is 1.57. The lowest BCUT2D eigenvalue weighted by Gasteiger charge is -2.43. The number of rotatable bonds is 6. The number of halogens is 2. The van der Waals surface area contributed by atoms with Gasteiger partial charge >= 0.3 is 5.97 Å². The maximum Gasteiger partial charge on any atom is 0.316 e. The van der Waals surface area contributed by atoms with Crippen LogP contribution in [0.5, 0.6) is 0 Å². The Morgan fingerprint density at radius 3 is 1.81 bits per heavy atom. The number of methoxy groups -OCH3 is 1. The van der Waals surface area contributed by atoms with Gasteiger partial charge in [0.25, 0.3) is 0 Å². The van der Waals surface area contributed by atoms with Crippen LogP contribution < -0.4 is 5.32 Å². The van der Waals surface area contributed by atoms with Gasteiger partial charge in [0, 0.05) is 24.9 Å². The van der Waals surface area contributed by atoms with Gasteiger partial charge in [-0.3, -0.25) is 14.4 Å². The minimum Gasteiger partial charge on any atom is -0.468 e. The molecule has 1 N–H and O–H groups in total. The van der Waals surface area contributed by atoms with Crippen molar-refractivity contribution in [2.24, 2.45) is 10.8 Å². The van der Waals surface area contributed by atoms with Crippen LogP contribution in [0.4, 0.5) is 8.78 Å². The van der Waals surface area contributed by atoms with Gasteiger partial charge in [-0.05, 0) is 130 Å². The van der Waals surface area contributed by atoms with Crippen LogP contribution in [0.2, 0.25) is 0 Å². The van der Waals surface area contributed by atoms with Gasteiger partial charge < -0.3 is 10.1 Å². The van der Waals surface area contributed by atoms with Crippen molar-refractivity contribution < 1.29 is 27.9 Å².